The van der Waals surface area contributed by atoms with Gasteiger partial charge in [0.2, 0.25) is 5.91 Å². The SMILES string of the molecule is CN(C(=O)c1cccc(N2CCCC2=O)c1)c1ccc(Br)cc1F. The summed E-state index contributed by atoms with van der Waals surface area (Å²) in [5.74, 6) is -0.747. The molecule has 3 rings (SSSR count). The van der Waals surface area contributed by atoms with Gasteiger partial charge in [-0.05, 0) is 42.8 Å². The van der Waals surface area contributed by atoms with E-state index in [-0.39, 0.29) is 17.5 Å². The van der Waals surface area contributed by atoms with Crippen molar-refractivity contribution in [2.24, 2.45) is 0 Å². The highest BCUT2D eigenvalue weighted by atomic mass is 79.9. The number of hydrogen-bond acceptors (Lipinski definition) is 2. The summed E-state index contributed by atoms with van der Waals surface area (Å²) in [5, 5.41) is 0. The van der Waals surface area contributed by atoms with E-state index in [2.05, 4.69) is 15.9 Å². The standard InChI is InChI=1S/C18H16BrFN2O2/c1-21(16-8-7-13(19)11-15(16)20)18(24)12-4-2-5-14(10-12)22-9-3-6-17(22)23/h2,4-5,7-8,10-11H,3,6,9H2,1H3. The third-order valence-electron chi connectivity index (χ3n) is 4.05. The molecule has 0 N–H and O–H groups in total. The van der Waals surface area contributed by atoms with E-state index < -0.39 is 5.82 Å². The molecule has 1 aliphatic heterocycles. The third-order valence-corrected chi connectivity index (χ3v) is 4.55. The molecule has 0 unspecified atom stereocenters. The number of carbonyl (C=O) groups is 2. The molecule has 24 heavy (non-hydrogen) atoms. The first kappa shape index (κ1) is 16.6. The second kappa shape index (κ2) is 6.73. The fourth-order valence-corrected chi connectivity index (χ4v) is 3.12. The fourth-order valence-electron chi connectivity index (χ4n) is 2.78. The Bertz CT molecular complexity index is 809. The Hall–Kier alpha value is -2.21. The number of rotatable bonds is 3. The summed E-state index contributed by atoms with van der Waals surface area (Å²) >= 11 is 3.20. The van der Waals surface area contributed by atoms with Crippen molar-refractivity contribution in [3.63, 3.8) is 0 Å². The minimum Gasteiger partial charge on any atom is -0.312 e. The Balaban J connectivity index is 1.88. The molecule has 1 aliphatic rings. The first-order valence-corrected chi connectivity index (χ1v) is 8.40. The molecule has 0 aromatic heterocycles. The lowest BCUT2D eigenvalue weighted by Crippen LogP contribution is -2.28. The van der Waals surface area contributed by atoms with Gasteiger partial charge in [-0.2, -0.15) is 0 Å². The Morgan fingerprint density at radius 3 is 2.71 bits per heavy atom. The molecule has 124 valence electrons. The summed E-state index contributed by atoms with van der Waals surface area (Å²) in [5.41, 5.74) is 1.32. The predicted molar refractivity (Wildman–Crippen MR) is 94.9 cm³/mol. The quantitative estimate of drug-likeness (QED) is 0.794. The summed E-state index contributed by atoms with van der Waals surface area (Å²) < 4.78 is 14.7. The van der Waals surface area contributed by atoms with E-state index in [9.17, 15) is 14.0 Å². The zero-order valence-electron chi connectivity index (χ0n) is 13.1. The van der Waals surface area contributed by atoms with Crippen LogP contribution in [-0.4, -0.2) is 25.4 Å². The fraction of sp³-hybridized carbons (Fsp3) is 0.222. The van der Waals surface area contributed by atoms with Gasteiger partial charge in [0.15, 0.2) is 0 Å². The van der Waals surface area contributed by atoms with Gasteiger partial charge >= 0.3 is 0 Å². The van der Waals surface area contributed by atoms with Crippen molar-refractivity contribution < 1.29 is 14.0 Å². The van der Waals surface area contributed by atoms with Crippen molar-refractivity contribution in [3.8, 4) is 0 Å². The normalized spacial score (nSPS) is 14.1. The van der Waals surface area contributed by atoms with E-state index in [1.165, 1.54) is 18.0 Å². The van der Waals surface area contributed by atoms with E-state index in [4.69, 9.17) is 0 Å². The topological polar surface area (TPSA) is 40.6 Å². The second-order valence-electron chi connectivity index (χ2n) is 5.66. The van der Waals surface area contributed by atoms with Gasteiger partial charge < -0.3 is 9.80 Å². The summed E-state index contributed by atoms with van der Waals surface area (Å²) in [4.78, 5) is 27.5. The van der Waals surface area contributed by atoms with E-state index >= 15 is 0 Å². The van der Waals surface area contributed by atoms with Crippen LogP contribution >= 0.6 is 15.9 Å². The lowest BCUT2D eigenvalue weighted by molar-refractivity contribution is -0.117. The Kier molecular flexibility index (Phi) is 4.66. The van der Waals surface area contributed by atoms with Crippen LogP contribution in [0, 0.1) is 5.82 Å². The zero-order valence-corrected chi connectivity index (χ0v) is 14.7. The van der Waals surface area contributed by atoms with Crippen LogP contribution in [0.2, 0.25) is 0 Å². The Morgan fingerprint density at radius 2 is 2.04 bits per heavy atom. The molecule has 0 saturated carbocycles. The van der Waals surface area contributed by atoms with Crippen LogP contribution in [0.5, 0.6) is 0 Å². The smallest absolute Gasteiger partial charge is 0.258 e. The van der Waals surface area contributed by atoms with Crippen molar-refractivity contribution in [1.82, 2.24) is 0 Å². The number of anilines is 2. The number of hydrogen-bond donors (Lipinski definition) is 0. The van der Waals surface area contributed by atoms with E-state index in [1.807, 2.05) is 0 Å². The Labute approximate surface area is 148 Å². The van der Waals surface area contributed by atoms with Gasteiger partial charge in [-0.1, -0.05) is 22.0 Å². The largest absolute Gasteiger partial charge is 0.312 e. The highest BCUT2D eigenvalue weighted by Gasteiger charge is 2.23. The van der Waals surface area contributed by atoms with Gasteiger partial charge in [0, 0.05) is 35.7 Å². The minimum atomic E-state index is -0.480. The monoisotopic (exact) mass is 390 g/mol. The van der Waals surface area contributed by atoms with Crippen molar-refractivity contribution in [2.45, 2.75) is 12.8 Å². The lowest BCUT2D eigenvalue weighted by atomic mass is 10.1. The molecule has 0 spiro atoms. The van der Waals surface area contributed by atoms with Crippen LogP contribution in [0.3, 0.4) is 0 Å². The molecule has 1 saturated heterocycles. The first-order valence-electron chi connectivity index (χ1n) is 7.61. The third kappa shape index (κ3) is 3.19. The molecule has 2 aromatic rings. The van der Waals surface area contributed by atoms with Gasteiger partial charge in [-0.3, -0.25) is 9.59 Å². The zero-order chi connectivity index (χ0) is 17.3. The molecule has 1 fully saturated rings. The van der Waals surface area contributed by atoms with Gasteiger partial charge in [0.1, 0.15) is 5.82 Å². The molecule has 1 heterocycles. The molecule has 2 aromatic carbocycles. The van der Waals surface area contributed by atoms with Gasteiger partial charge in [0.25, 0.3) is 5.91 Å². The minimum absolute atomic E-state index is 0.0620. The van der Waals surface area contributed by atoms with Crippen molar-refractivity contribution >= 4 is 39.1 Å². The molecule has 6 heteroatoms. The number of nitrogens with zero attached hydrogens (tertiary/aromatic N) is 2. The van der Waals surface area contributed by atoms with Crippen LogP contribution in [0.25, 0.3) is 0 Å². The average Bonchev–Trinajstić information content (AvgIpc) is 3.00. The summed E-state index contributed by atoms with van der Waals surface area (Å²) in [7, 11) is 1.53. The second-order valence-corrected chi connectivity index (χ2v) is 6.57. The lowest BCUT2D eigenvalue weighted by Gasteiger charge is -2.20. The maximum atomic E-state index is 14.1. The maximum absolute atomic E-state index is 14.1. The van der Waals surface area contributed by atoms with Crippen LogP contribution in [-0.2, 0) is 4.79 Å². The molecule has 0 radical (unpaired) electrons. The first-order chi connectivity index (χ1) is 11.5. The highest BCUT2D eigenvalue weighted by Crippen LogP contribution is 2.26. The van der Waals surface area contributed by atoms with E-state index in [0.29, 0.717) is 28.7 Å². The van der Waals surface area contributed by atoms with Gasteiger partial charge in [-0.15, -0.1) is 0 Å². The van der Waals surface area contributed by atoms with Gasteiger partial charge in [-0.25, -0.2) is 4.39 Å². The number of benzene rings is 2. The van der Waals surface area contributed by atoms with Crippen LogP contribution < -0.4 is 9.80 Å². The maximum Gasteiger partial charge on any atom is 0.258 e. The summed E-state index contributed by atoms with van der Waals surface area (Å²) in [6, 6.07) is 11.4. The van der Waals surface area contributed by atoms with Crippen LogP contribution in [0.4, 0.5) is 15.8 Å². The van der Waals surface area contributed by atoms with E-state index in [0.717, 1.165) is 6.42 Å². The van der Waals surface area contributed by atoms with Gasteiger partial charge in [0.05, 0.1) is 5.69 Å². The average molecular weight is 391 g/mol. The summed E-state index contributed by atoms with van der Waals surface area (Å²) in [6.07, 6.45) is 1.35. The molecule has 2 amide bonds. The van der Waals surface area contributed by atoms with Crippen molar-refractivity contribution in [3.05, 3.63) is 58.3 Å². The van der Waals surface area contributed by atoms with Crippen LogP contribution in [0.1, 0.15) is 23.2 Å². The van der Waals surface area contributed by atoms with Crippen LogP contribution in [0.15, 0.2) is 46.9 Å². The number of halogens is 2. The molecule has 4 nitrogen and oxygen atoms in total. The Morgan fingerprint density at radius 1 is 1.25 bits per heavy atom. The number of carbonyl (C=O) groups excluding carboxylic acids is 2. The molecule has 0 aliphatic carbocycles. The number of amides is 2. The highest BCUT2D eigenvalue weighted by molar-refractivity contribution is 9.10. The molecular weight excluding hydrogens is 375 g/mol. The molecule has 0 bridgehead atoms. The molecular formula is C18H16BrFN2O2. The van der Waals surface area contributed by atoms with Crippen molar-refractivity contribution in [1.29, 1.82) is 0 Å². The molecule has 0 atom stereocenters. The predicted octanol–water partition coefficient (Wildman–Crippen LogP) is 3.99. The van der Waals surface area contributed by atoms with E-state index in [1.54, 1.807) is 41.3 Å². The summed E-state index contributed by atoms with van der Waals surface area (Å²) in [6.45, 7) is 0.660. The van der Waals surface area contributed by atoms with Crippen molar-refractivity contribution in [2.75, 3.05) is 23.4 Å².